The SMILES string of the molecule is C[Si](C)(C)c1ccc2c(c1)oc1cc(-c3ccc(N(c4ccc(-c5ccc6c(c5)oc5ccccc56)cc4)c4ccc(-c5ccc6c(c5)c5cc([Si](C)(C)C)ccc5n6-c5ccccc5)cc4)cc3)ccc12. The molecular formula is C66H54N2O2Si2. The first-order valence-electron chi connectivity index (χ1n) is 25.1. The second-order valence-corrected chi connectivity index (χ2v) is 31.6. The van der Waals surface area contributed by atoms with Gasteiger partial charge in [-0.25, -0.2) is 0 Å². The third kappa shape index (κ3) is 7.57. The molecule has 0 N–H and O–H groups in total. The molecule has 0 saturated carbocycles. The molecule has 6 heteroatoms. The molecule has 0 aliphatic rings. The highest BCUT2D eigenvalue weighted by molar-refractivity contribution is 6.89. The normalized spacial score (nSPS) is 12.3. The molecule has 0 aliphatic heterocycles. The number of furan rings is 2. The van der Waals surface area contributed by atoms with Crippen LogP contribution in [0.4, 0.5) is 17.1 Å². The Bertz CT molecular complexity index is 4210. The van der Waals surface area contributed by atoms with Gasteiger partial charge < -0.3 is 18.3 Å². The summed E-state index contributed by atoms with van der Waals surface area (Å²) >= 11 is 0. The second-order valence-electron chi connectivity index (χ2n) is 21.4. The fourth-order valence-electron chi connectivity index (χ4n) is 10.7. The van der Waals surface area contributed by atoms with E-state index in [1.54, 1.807) is 0 Å². The van der Waals surface area contributed by atoms with Crippen molar-refractivity contribution in [1.82, 2.24) is 4.57 Å². The zero-order valence-electron chi connectivity index (χ0n) is 41.5. The molecule has 4 nitrogen and oxygen atoms in total. The van der Waals surface area contributed by atoms with Gasteiger partial charge in [0, 0.05) is 55.1 Å². The number of hydrogen-bond donors (Lipinski definition) is 0. The first-order chi connectivity index (χ1) is 34.9. The molecule has 0 saturated heterocycles. The summed E-state index contributed by atoms with van der Waals surface area (Å²) < 4.78 is 15.2. The van der Waals surface area contributed by atoms with Crippen molar-refractivity contribution in [2.24, 2.45) is 0 Å². The highest BCUT2D eigenvalue weighted by atomic mass is 28.3. The third-order valence-corrected chi connectivity index (χ3v) is 18.8. The lowest BCUT2D eigenvalue weighted by atomic mass is 10.0. The van der Waals surface area contributed by atoms with Gasteiger partial charge in [0.15, 0.2) is 0 Å². The quantitative estimate of drug-likeness (QED) is 0.135. The van der Waals surface area contributed by atoms with Gasteiger partial charge in [-0.15, -0.1) is 0 Å². The lowest BCUT2D eigenvalue weighted by molar-refractivity contribution is 0.669. The Morgan fingerprint density at radius 3 is 1.25 bits per heavy atom. The smallest absolute Gasteiger partial charge is 0.136 e. The average molecular weight is 963 g/mol. The first-order valence-corrected chi connectivity index (χ1v) is 32.1. The Hall–Kier alpha value is -8.17. The maximum absolute atomic E-state index is 6.53. The monoisotopic (exact) mass is 962 g/mol. The van der Waals surface area contributed by atoms with Gasteiger partial charge in [-0.2, -0.15) is 0 Å². The van der Waals surface area contributed by atoms with Crippen LogP contribution < -0.4 is 15.3 Å². The van der Waals surface area contributed by atoms with Crippen molar-refractivity contribution >= 4 is 109 Å². The topological polar surface area (TPSA) is 34.5 Å². The summed E-state index contributed by atoms with van der Waals surface area (Å²) in [7, 11) is -3.04. The molecule has 348 valence electrons. The van der Waals surface area contributed by atoms with E-state index in [0.29, 0.717) is 0 Å². The number of rotatable bonds is 9. The van der Waals surface area contributed by atoms with Crippen molar-refractivity contribution in [3.63, 3.8) is 0 Å². The van der Waals surface area contributed by atoms with E-state index in [1.807, 2.05) is 12.1 Å². The van der Waals surface area contributed by atoms with E-state index in [2.05, 4.69) is 255 Å². The highest BCUT2D eigenvalue weighted by Crippen LogP contribution is 2.41. The molecule has 72 heavy (non-hydrogen) atoms. The Kier molecular flexibility index (Phi) is 10.2. The van der Waals surface area contributed by atoms with Gasteiger partial charge >= 0.3 is 0 Å². The van der Waals surface area contributed by atoms with Crippen LogP contribution in [0.25, 0.3) is 105 Å². The molecule has 0 atom stereocenters. The lowest BCUT2D eigenvalue weighted by Gasteiger charge is -2.26. The number of anilines is 3. The zero-order valence-corrected chi connectivity index (χ0v) is 43.5. The molecule has 13 rings (SSSR count). The highest BCUT2D eigenvalue weighted by Gasteiger charge is 2.22. The minimum atomic E-state index is -1.56. The molecule has 0 amide bonds. The Morgan fingerprint density at radius 1 is 0.306 bits per heavy atom. The molecule has 0 radical (unpaired) electrons. The van der Waals surface area contributed by atoms with E-state index >= 15 is 0 Å². The summed E-state index contributed by atoms with van der Waals surface area (Å²) in [5, 5.41) is 10.0. The average Bonchev–Trinajstić information content (AvgIpc) is 4.07. The van der Waals surface area contributed by atoms with Crippen LogP contribution in [0.3, 0.4) is 0 Å². The molecule has 3 heterocycles. The molecule has 0 spiro atoms. The van der Waals surface area contributed by atoms with Gasteiger partial charge in [0.05, 0.1) is 27.2 Å². The van der Waals surface area contributed by atoms with E-state index in [9.17, 15) is 0 Å². The van der Waals surface area contributed by atoms with Crippen molar-refractivity contribution in [2.45, 2.75) is 39.3 Å². The fraction of sp³-hybridized carbons (Fsp3) is 0.0909. The van der Waals surface area contributed by atoms with Gasteiger partial charge in [-0.3, -0.25) is 0 Å². The van der Waals surface area contributed by atoms with Crippen molar-refractivity contribution in [3.8, 4) is 39.1 Å². The molecule has 0 aliphatic carbocycles. The second kappa shape index (κ2) is 16.7. The van der Waals surface area contributed by atoms with Gasteiger partial charge in [0.1, 0.15) is 22.3 Å². The largest absolute Gasteiger partial charge is 0.456 e. The molecule has 0 fully saturated rings. The summed E-state index contributed by atoms with van der Waals surface area (Å²) in [6, 6.07) is 80.0. The van der Waals surface area contributed by atoms with Crippen molar-refractivity contribution in [2.75, 3.05) is 4.90 Å². The number of aromatic nitrogens is 1. The Balaban J connectivity index is 0.876. The maximum atomic E-state index is 6.53. The predicted octanol–water partition coefficient (Wildman–Crippen LogP) is 18.1. The minimum absolute atomic E-state index is 0.896. The zero-order chi connectivity index (χ0) is 48.9. The summed E-state index contributed by atoms with van der Waals surface area (Å²) in [6.07, 6.45) is 0. The van der Waals surface area contributed by atoms with Crippen LogP contribution in [0.1, 0.15) is 0 Å². The third-order valence-electron chi connectivity index (χ3n) is 14.7. The van der Waals surface area contributed by atoms with Gasteiger partial charge in [0.25, 0.3) is 0 Å². The summed E-state index contributed by atoms with van der Waals surface area (Å²) in [5.41, 5.74) is 17.4. The number of benzene rings is 10. The van der Waals surface area contributed by atoms with Crippen LogP contribution in [0.2, 0.25) is 39.3 Å². The lowest BCUT2D eigenvalue weighted by Crippen LogP contribution is -2.37. The van der Waals surface area contributed by atoms with E-state index in [1.165, 1.54) is 54.4 Å². The Labute approximate surface area is 422 Å². The predicted molar refractivity (Wildman–Crippen MR) is 312 cm³/mol. The molecule has 0 bridgehead atoms. The maximum Gasteiger partial charge on any atom is 0.136 e. The van der Waals surface area contributed by atoms with Gasteiger partial charge in [-0.1, -0.05) is 165 Å². The van der Waals surface area contributed by atoms with E-state index in [0.717, 1.165) is 77.8 Å². The van der Waals surface area contributed by atoms with Crippen LogP contribution >= 0.6 is 0 Å². The van der Waals surface area contributed by atoms with E-state index in [4.69, 9.17) is 8.83 Å². The molecular weight excluding hydrogens is 909 g/mol. The number of nitrogens with zero attached hydrogens (tertiary/aromatic N) is 2. The number of para-hydroxylation sites is 2. The van der Waals surface area contributed by atoms with Crippen molar-refractivity contribution in [3.05, 3.63) is 218 Å². The van der Waals surface area contributed by atoms with Crippen molar-refractivity contribution < 1.29 is 8.83 Å². The van der Waals surface area contributed by atoms with Crippen LogP contribution in [-0.4, -0.2) is 20.7 Å². The fourth-order valence-corrected chi connectivity index (χ4v) is 13.0. The van der Waals surface area contributed by atoms with Crippen LogP contribution in [0.5, 0.6) is 0 Å². The molecule has 13 aromatic rings. The van der Waals surface area contributed by atoms with Crippen LogP contribution in [-0.2, 0) is 0 Å². The van der Waals surface area contributed by atoms with Crippen molar-refractivity contribution in [1.29, 1.82) is 0 Å². The van der Waals surface area contributed by atoms with Crippen LogP contribution in [0, 0.1) is 0 Å². The van der Waals surface area contributed by atoms with E-state index in [-0.39, 0.29) is 0 Å². The summed E-state index contributed by atoms with van der Waals surface area (Å²) in [6.45, 7) is 14.4. The summed E-state index contributed by atoms with van der Waals surface area (Å²) in [5.74, 6) is 0. The van der Waals surface area contributed by atoms with Gasteiger partial charge in [-0.05, 0) is 137 Å². The minimum Gasteiger partial charge on any atom is -0.456 e. The molecule has 10 aromatic carbocycles. The standard InChI is InChI=1S/C66H54N2O2Si2/c1-71(2,3)53-32-37-62-60(41-53)59-38-46(24-36-61(59)68(62)49-12-8-7-9-13-49)43-16-25-50(26-17-43)67(51-27-18-44(19-28-51)47-22-33-56-55-14-10-11-15-63(55)69-64(56)39-47)52-29-20-45(21-30-52)48-23-34-57-58-35-31-54(72(4,5)6)42-66(58)70-65(57)40-48/h7-42H,1-6H3. The molecule has 0 unspecified atom stereocenters. The number of hydrogen-bond acceptors (Lipinski definition) is 3. The van der Waals surface area contributed by atoms with Crippen LogP contribution in [0.15, 0.2) is 227 Å². The summed E-state index contributed by atoms with van der Waals surface area (Å²) in [4.78, 5) is 2.35. The Morgan fingerprint density at radius 2 is 0.694 bits per heavy atom. The number of fused-ring (bicyclic) bond motifs is 9. The van der Waals surface area contributed by atoms with Gasteiger partial charge in [0.2, 0.25) is 0 Å². The first kappa shape index (κ1) is 43.8. The molecule has 3 aromatic heterocycles. The van der Waals surface area contributed by atoms with E-state index < -0.39 is 16.1 Å².